The minimum absolute atomic E-state index is 0.0798. The highest BCUT2D eigenvalue weighted by Gasteiger charge is 2.22. The van der Waals surface area contributed by atoms with E-state index in [1.165, 1.54) is 11.8 Å². The van der Waals surface area contributed by atoms with Crippen molar-refractivity contribution in [3.8, 4) is 0 Å². The van der Waals surface area contributed by atoms with E-state index in [1.54, 1.807) is 6.08 Å². The molecule has 0 saturated heterocycles. The van der Waals surface area contributed by atoms with E-state index in [4.69, 9.17) is 9.47 Å². The SMILES string of the molecule is O=S1(=O)C=CC(OCCOC2CCC2)C1. The molecular formula is C10H16O4S. The number of sulfone groups is 1. The zero-order valence-electron chi connectivity index (χ0n) is 8.59. The van der Waals surface area contributed by atoms with E-state index in [1.807, 2.05) is 0 Å². The second-order valence-corrected chi connectivity index (χ2v) is 5.92. The van der Waals surface area contributed by atoms with Crippen LogP contribution in [0.3, 0.4) is 0 Å². The molecule has 2 aliphatic rings. The number of ether oxygens (including phenoxy) is 2. The van der Waals surface area contributed by atoms with Gasteiger partial charge in [-0.25, -0.2) is 8.42 Å². The summed E-state index contributed by atoms with van der Waals surface area (Å²) < 4.78 is 32.9. The summed E-state index contributed by atoms with van der Waals surface area (Å²) in [5, 5.41) is 1.23. The molecule has 0 N–H and O–H groups in total. The first kappa shape index (κ1) is 11.1. The Hall–Kier alpha value is -0.390. The predicted octanol–water partition coefficient (Wildman–Crippen LogP) is 0.883. The largest absolute Gasteiger partial charge is 0.376 e. The molecule has 1 fully saturated rings. The highest BCUT2D eigenvalue weighted by molar-refractivity contribution is 7.94. The van der Waals surface area contributed by atoms with Gasteiger partial charge in [-0.1, -0.05) is 0 Å². The molecule has 5 heteroatoms. The molecule has 0 bridgehead atoms. The Balaban J connectivity index is 1.57. The first-order valence-electron chi connectivity index (χ1n) is 5.30. The van der Waals surface area contributed by atoms with E-state index in [-0.39, 0.29) is 11.9 Å². The minimum atomic E-state index is -2.99. The third kappa shape index (κ3) is 3.29. The van der Waals surface area contributed by atoms with Crippen LogP contribution in [-0.2, 0) is 19.3 Å². The van der Waals surface area contributed by atoms with Gasteiger partial charge in [-0.2, -0.15) is 0 Å². The van der Waals surface area contributed by atoms with Crippen molar-refractivity contribution in [1.29, 1.82) is 0 Å². The van der Waals surface area contributed by atoms with Gasteiger partial charge in [-0.3, -0.25) is 0 Å². The third-order valence-corrected chi connectivity index (χ3v) is 4.08. The van der Waals surface area contributed by atoms with Crippen molar-refractivity contribution in [3.63, 3.8) is 0 Å². The van der Waals surface area contributed by atoms with E-state index in [0.717, 1.165) is 12.8 Å². The van der Waals surface area contributed by atoms with Crippen LogP contribution in [0, 0.1) is 0 Å². The maximum Gasteiger partial charge on any atom is 0.174 e. The second kappa shape index (κ2) is 4.63. The second-order valence-electron chi connectivity index (χ2n) is 3.99. The lowest BCUT2D eigenvalue weighted by Crippen LogP contribution is -2.25. The Morgan fingerprint density at radius 3 is 2.47 bits per heavy atom. The number of hydrogen-bond donors (Lipinski definition) is 0. The molecule has 1 heterocycles. The highest BCUT2D eigenvalue weighted by atomic mass is 32.2. The molecule has 15 heavy (non-hydrogen) atoms. The maximum absolute atomic E-state index is 11.0. The predicted molar refractivity (Wildman–Crippen MR) is 56.3 cm³/mol. The molecule has 1 aliphatic heterocycles. The maximum atomic E-state index is 11.0. The molecule has 4 nitrogen and oxygen atoms in total. The lowest BCUT2D eigenvalue weighted by molar-refractivity contribution is -0.0348. The molecule has 0 aromatic carbocycles. The Kier molecular flexibility index (Phi) is 3.43. The standard InChI is InChI=1S/C10H16O4S/c11-15(12)7-4-10(8-15)14-6-5-13-9-2-1-3-9/h4,7,9-10H,1-3,5-6,8H2. The molecule has 1 unspecified atom stereocenters. The van der Waals surface area contributed by atoms with Gasteiger partial charge in [0.05, 0.1) is 31.2 Å². The van der Waals surface area contributed by atoms with E-state index in [0.29, 0.717) is 19.3 Å². The van der Waals surface area contributed by atoms with Crippen molar-refractivity contribution in [2.75, 3.05) is 19.0 Å². The van der Waals surface area contributed by atoms with Crippen LogP contribution in [0.15, 0.2) is 11.5 Å². The van der Waals surface area contributed by atoms with Gasteiger partial charge in [0, 0.05) is 5.41 Å². The molecular weight excluding hydrogens is 216 g/mol. The average Bonchev–Trinajstić information content (AvgIpc) is 2.42. The summed E-state index contributed by atoms with van der Waals surface area (Å²) in [5.74, 6) is 0.0798. The average molecular weight is 232 g/mol. The van der Waals surface area contributed by atoms with Gasteiger partial charge in [0.15, 0.2) is 9.84 Å². The molecule has 2 rings (SSSR count). The molecule has 1 saturated carbocycles. The molecule has 0 spiro atoms. The van der Waals surface area contributed by atoms with Gasteiger partial charge < -0.3 is 9.47 Å². The van der Waals surface area contributed by atoms with Crippen molar-refractivity contribution in [2.45, 2.75) is 31.5 Å². The molecule has 0 radical (unpaired) electrons. The fourth-order valence-electron chi connectivity index (χ4n) is 1.60. The Morgan fingerprint density at radius 2 is 1.93 bits per heavy atom. The third-order valence-electron chi connectivity index (χ3n) is 2.72. The van der Waals surface area contributed by atoms with Crippen LogP contribution in [0.4, 0.5) is 0 Å². The normalized spacial score (nSPS) is 29.2. The fraction of sp³-hybridized carbons (Fsp3) is 0.800. The Labute approximate surface area is 90.2 Å². The minimum Gasteiger partial charge on any atom is -0.376 e. The van der Waals surface area contributed by atoms with Crippen molar-refractivity contribution < 1.29 is 17.9 Å². The zero-order chi connectivity index (χ0) is 10.7. The van der Waals surface area contributed by atoms with Crippen molar-refractivity contribution >= 4 is 9.84 Å². The summed E-state index contributed by atoms with van der Waals surface area (Å²) in [5.41, 5.74) is 0. The van der Waals surface area contributed by atoms with E-state index >= 15 is 0 Å². The lowest BCUT2D eigenvalue weighted by Gasteiger charge is -2.25. The number of hydrogen-bond acceptors (Lipinski definition) is 4. The van der Waals surface area contributed by atoms with Crippen molar-refractivity contribution in [1.82, 2.24) is 0 Å². The molecule has 1 atom stereocenters. The van der Waals surface area contributed by atoms with Crippen LogP contribution in [0.2, 0.25) is 0 Å². The summed E-state index contributed by atoms with van der Waals surface area (Å²) in [6.45, 7) is 1.04. The molecule has 1 aliphatic carbocycles. The van der Waals surface area contributed by atoms with Crippen LogP contribution in [0.1, 0.15) is 19.3 Å². The molecule has 0 aromatic rings. The Morgan fingerprint density at radius 1 is 1.20 bits per heavy atom. The van der Waals surface area contributed by atoms with Gasteiger partial charge in [0.1, 0.15) is 0 Å². The lowest BCUT2D eigenvalue weighted by atomic mass is 9.96. The monoisotopic (exact) mass is 232 g/mol. The topological polar surface area (TPSA) is 52.6 Å². The summed E-state index contributed by atoms with van der Waals surface area (Å²) in [6.07, 6.45) is 5.29. The quantitative estimate of drug-likeness (QED) is 0.660. The molecule has 0 amide bonds. The first-order valence-corrected chi connectivity index (χ1v) is 7.01. The molecule has 86 valence electrons. The Bertz CT molecular complexity index is 329. The van der Waals surface area contributed by atoms with Crippen LogP contribution in [0.25, 0.3) is 0 Å². The van der Waals surface area contributed by atoms with Crippen molar-refractivity contribution in [2.24, 2.45) is 0 Å². The van der Waals surface area contributed by atoms with Crippen LogP contribution < -0.4 is 0 Å². The van der Waals surface area contributed by atoms with Gasteiger partial charge in [0.25, 0.3) is 0 Å². The van der Waals surface area contributed by atoms with E-state index in [2.05, 4.69) is 0 Å². The summed E-state index contributed by atoms with van der Waals surface area (Å²) in [4.78, 5) is 0. The van der Waals surface area contributed by atoms with Crippen LogP contribution >= 0.6 is 0 Å². The van der Waals surface area contributed by atoms with E-state index < -0.39 is 9.84 Å². The summed E-state index contributed by atoms with van der Waals surface area (Å²) >= 11 is 0. The fourth-order valence-corrected chi connectivity index (χ4v) is 2.79. The van der Waals surface area contributed by atoms with Gasteiger partial charge in [-0.15, -0.1) is 0 Å². The van der Waals surface area contributed by atoms with Crippen molar-refractivity contribution in [3.05, 3.63) is 11.5 Å². The van der Waals surface area contributed by atoms with E-state index in [9.17, 15) is 8.42 Å². The zero-order valence-corrected chi connectivity index (χ0v) is 9.41. The smallest absolute Gasteiger partial charge is 0.174 e. The summed E-state index contributed by atoms with van der Waals surface area (Å²) in [7, 11) is -2.99. The van der Waals surface area contributed by atoms with Crippen LogP contribution in [-0.4, -0.2) is 39.6 Å². The number of rotatable bonds is 5. The van der Waals surface area contributed by atoms with Crippen LogP contribution in [0.5, 0.6) is 0 Å². The van der Waals surface area contributed by atoms with Gasteiger partial charge >= 0.3 is 0 Å². The van der Waals surface area contributed by atoms with Gasteiger partial charge in [0.2, 0.25) is 0 Å². The van der Waals surface area contributed by atoms with Gasteiger partial charge in [-0.05, 0) is 25.3 Å². The molecule has 0 aromatic heterocycles. The summed E-state index contributed by atoms with van der Waals surface area (Å²) in [6, 6.07) is 0. The highest BCUT2D eigenvalue weighted by Crippen LogP contribution is 2.21. The first-order chi connectivity index (χ1) is 7.16.